The van der Waals surface area contributed by atoms with Gasteiger partial charge in [-0.15, -0.1) is 0 Å². The smallest absolute Gasteiger partial charge is 0.274 e. The lowest BCUT2D eigenvalue weighted by Gasteiger charge is -2.13. The standard InChI is InChI=1S/C14H13N3O2S/c1-19-11-7-4-5-9(13(15)20)12(11)17-14(18)10-6-2-3-8-16-10/h2-8H,1H3,(H2,15,20)(H,17,18). The van der Waals surface area contributed by atoms with Gasteiger partial charge in [0.2, 0.25) is 0 Å². The summed E-state index contributed by atoms with van der Waals surface area (Å²) in [7, 11) is 1.51. The second kappa shape index (κ2) is 6.12. The molecule has 5 nitrogen and oxygen atoms in total. The van der Waals surface area contributed by atoms with E-state index in [1.54, 1.807) is 42.6 Å². The summed E-state index contributed by atoms with van der Waals surface area (Å²) < 4.78 is 5.22. The van der Waals surface area contributed by atoms with Gasteiger partial charge in [0.25, 0.3) is 5.91 Å². The van der Waals surface area contributed by atoms with Gasteiger partial charge in [0.05, 0.1) is 12.8 Å². The van der Waals surface area contributed by atoms with Crippen LogP contribution < -0.4 is 15.8 Å². The van der Waals surface area contributed by atoms with Crippen LogP contribution in [-0.2, 0) is 0 Å². The predicted molar refractivity (Wildman–Crippen MR) is 81.1 cm³/mol. The molecule has 1 heterocycles. The summed E-state index contributed by atoms with van der Waals surface area (Å²) in [4.78, 5) is 16.3. The summed E-state index contributed by atoms with van der Waals surface area (Å²) in [5.41, 5.74) is 6.95. The highest BCUT2D eigenvalue weighted by molar-refractivity contribution is 7.80. The van der Waals surface area contributed by atoms with Crippen LogP contribution in [0.5, 0.6) is 5.75 Å². The zero-order chi connectivity index (χ0) is 14.5. The molecule has 0 aliphatic heterocycles. The Kier molecular flexibility index (Phi) is 4.27. The first-order valence-electron chi connectivity index (χ1n) is 5.82. The quantitative estimate of drug-likeness (QED) is 0.841. The SMILES string of the molecule is COc1cccc(C(N)=S)c1NC(=O)c1ccccn1. The number of nitrogens with zero attached hydrogens (tertiary/aromatic N) is 1. The molecular weight excluding hydrogens is 274 g/mol. The monoisotopic (exact) mass is 287 g/mol. The van der Waals surface area contributed by atoms with Crippen LogP contribution in [0.25, 0.3) is 0 Å². The van der Waals surface area contributed by atoms with Crippen molar-refractivity contribution in [2.45, 2.75) is 0 Å². The van der Waals surface area contributed by atoms with Crippen molar-refractivity contribution in [1.29, 1.82) is 0 Å². The van der Waals surface area contributed by atoms with Gasteiger partial charge in [-0.2, -0.15) is 0 Å². The Bertz CT molecular complexity index is 644. The molecule has 0 saturated carbocycles. The Morgan fingerprint density at radius 3 is 2.70 bits per heavy atom. The van der Waals surface area contributed by atoms with E-state index in [-0.39, 0.29) is 10.9 Å². The summed E-state index contributed by atoms with van der Waals surface area (Å²) in [6.07, 6.45) is 1.55. The van der Waals surface area contributed by atoms with Crippen LogP contribution in [0.3, 0.4) is 0 Å². The van der Waals surface area contributed by atoms with E-state index < -0.39 is 0 Å². The number of thiocarbonyl (C=S) groups is 1. The summed E-state index contributed by atoms with van der Waals surface area (Å²) in [6.45, 7) is 0. The lowest BCUT2D eigenvalue weighted by molar-refractivity contribution is 0.102. The van der Waals surface area contributed by atoms with E-state index in [1.807, 2.05) is 0 Å². The van der Waals surface area contributed by atoms with Gasteiger partial charge in [-0.3, -0.25) is 9.78 Å². The number of carbonyl (C=O) groups is 1. The van der Waals surface area contributed by atoms with Crippen molar-refractivity contribution in [3.8, 4) is 5.75 Å². The van der Waals surface area contributed by atoms with Crippen LogP contribution >= 0.6 is 12.2 Å². The second-order valence-corrected chi connectivity index (χ2v) is 4.36. The molecule has 1 amide bonds. The largest absolute Gasteiger partial charge is 0.495 e. The number of para-hydroxylation sites is 1. The molecule has 0 spiro atoms. The molecule has 0 atom stereocenters. The zero-order valence-corrected chi connectivity index (χ0v) is 11.6. The predicted octanol–water partition coefficient (Wildman–Crippen LogP) is 1.98. The number of nitrogens with two attached hydrogens (primary N) is 1. The van der Waals surface area contributed by atoms with Crippen LogP contribution in [0.2, 0.25) is 0 Å². The van der Waals surface area contributed by atoms with Gasteiger partial charge in [-0.05, 0) is 24.3 Å². The average molecular weight is 287 g/mol. The van der Waals surface area contributed by atoms with Gasteiger partial charge >= 0.3 is 0 Å². The Labute approximate surface area is 121 Å². The Morgan fingerprint density at radius 1 is 1.30 bits per heavy atom. The normalized spacial score (nSPS) is 9.85. The highest BCUT2D eigenvalue weighted by Gasteiger charge is 2.15. The van der Waals surface area contributed by atoms with Crippen molar-refractivity contribution in [2.24, 2.45) is 5.73 Å². The Balaban J connectivity index is 2.38. The third-order valence-electron chi connectivity index (χ3n) is 2.65. The number of pyridine rings is 1. The number of anilines is 1. The first-order chi connectivity index (χ1) is 9.63. The zero-order valence-electron chi connectivity index (χ0n) is 10.8. The minimum Gasteiger partial charge on any atom is -0.495 e. The van der Waals surface area contributed by atoms with Gasteiger partial charge in [0.15, 0.2) is 0 Å². The highest BCUT2D eigenvalue weighted by Crippen LogP contribution is 2.28. The lowest BCUT2D eigenvalue weighted by Crippen LogP contribution is -2.19. The van der Waals surface area contributed by atoms with Crippen molar-refractivity contribution in [3.63, 3.8) is 0 Å². The van der Waals surface area contributed by atoms with Crippen LogP contribution in [0, 0.1) is 0 Å². The molecule has 0 bridgehead atoms. The number of hydrogen-bond donors (Lipinski definition) is 2. The van der Waals surface area contributed by atoms with E-state index >= 15 is 0 Å². The first kappa shape index (κ1) is 14.0. The average Bonchev–Trinajstić information content (AvgIpc) is 2.48. The number of rotatable bonds is 4. The molecule has 0 unspecified atom stereocenters. The topological polar surface area (TPSA) is 77.2 Å². The number of hydrogen-bond acceptors (Lipinski definition) is 4. The fourth-order valence-corrected chi connectivity index (χ4v) is 1.88. The van der Waals surface area contributed by atoms with E-state index in [9.17, 15) is 4.79 Å². The lowest BCUT2D eigenvalue weighted by atomic mass is 10.1. The molecule has 1 aromatic heterocycles. The molecule has 0 radical (unpaired) electrons. The number of aromatic nitrogens is 1. The third kappa shape index (κ3) is 2.92. The van der Waals surface area contributed by atoms with Crippen LogP contribution in [0.15, 0.2) is 42.6 Å². The molecule has 0 saturated heterocycles. The molecule has 6 heteroatoms. The van der Waals surface area contributed by atoms with E-state index in [0.29, 0.717) is 22.7 Å². The number of methoxy groups -OCH3 is 1. The van der Waals surface area contributed by atoms with E-state index in [1.165, 1.54) is 7.11 Å². The number of nitrogens with one attached hydrogen (secondary N) is 1. The summed E-state index contributed by atoms with van der Waals surface area (Å²) in [6, 6.07) is 10.3. The molecule has 20 heavy (non-hydrogen) atoms. The van der Waals surface area contributed by atoms with Crippen molar-refractivity contribution in [1.82, 2.24) is 4.98 Å². The van der Waals surface area contributed by atoms with E-state index in [0.717, 1.165) is 0 Å². The van der Waals surface area contributed by atoms with Crippen molar-refractivity contribution in [2.75, 3.05) is 12.4 Å². The van der Waals surface area contributed by atoms with Crippen LogP contribution in [-0.4, -0.2) is 23.0 Å². The van der Waals surface area contributed by atoms with E-state index in [4.69, 9.17) is 22.7 Å². The summed E-state index contributed by atoms with van der Waals surface area (Å²) >= 11 is 4.98. The molecule has 2 aromatic rings. The van der Waals surface area contributed by atoms with Gasteiger partial charge in [0, 0.05) is 11.8 Å². The van der Waals surface area contributed by atoms with Crippen molar-refractivity contribution in [3.05, 3.63) is 53.9 Å². The Morgan fingerprint density at radius 2 is 2.10 bits per heavy atom. The second-order valence-electron chi connectivity index (χ2n) is 3.92. The minimum absolute atomic E-state index is 0.181. The summed E-state index contributed by atoms with van der Waals surface area (Å²) in [5, 5.41) is 2.73. The van der Waals surface area contributed by atoms with Gasteiger partial charge < -0.3 is 15.8 Å². The Hall–Kier alpha value is -2.47. The van der Waals surface area contributed by atoms with Gasteiger partial charge in [-0.25, -0.2) is 0 Å². The number of amides is 1. The number of ether oxygens (including phenoxy) is 1. The third-order valence-corrected chi connectivity index (χ3v) is 2.87. The molecular formula is C14H13N3O2S. The van der Waals surface area contributed by atoms with Gasteiger partial charge in [-0.1, -0.05) is 24.4 Å². The number of benzene rings is 1. The fraction of sp³-hybridized carbons (Fsp3) is 0.0714. The molecule has 1 aromatic carbocycles. The molecule has 0 fully saturated rings. The number of carbonyl (C=O) groups excluding carboxylic acids is 1. The molecule has 2 rings (SSSR count). The molecule has 0 aliphatic carbocycles. The van der Waals surface area contributed by atoms with Crippen molar-refractivity contribution < 1.29 is 9.53 Å². The summed E-state index contributed by atoms with van der Waals surface area (Å²) in [5.74, 6) is 0.132. The molecule has 0 aliphatic rings. The fourth-order valence-electron chi connectivity index (χ4n) is 1.71. The maximum absolute atomic E-state index is 12.1. The maximum atomic E-state index is 12.1. The van der Waals surface area contributed by atoms with E-state index in [2.05, 4.69) is 10.3 Å². The first-order valence-corrected chi connectivity index (χ1v) is 6.23. The van der Waals surface area contributed by atoms with Crippen LogP contribution in [0.4, 0.5) is 5.69 Å². The van der Waals surface area contributed by atoms with Crippen LogP contribution in [0.1, 0.15) is 16.1 Å². The highest BCUT2D eigenvalue weighted by atomic mass is 32.1. The molecule has 102 valence electrons. The van der Waals surface area contributed by atoms with Gasteiger partial charge in [0.1, 0.15) is 16.4 Å². The molecule has 3 N–H and O–H groups in total. The van der Waals surface area contributed by atoms with Crippen molar-refractivity contribution >= 4 is 28.8 Å². The maximum Gasteiger partial charge on any atom is 0.274 e. The minimum atomic E-state index is -0.354.